The maximum Gasteiger partial charge on any atom is 0.261 e. The molecule has 3 rings (SSSR count). The maximum atomic E-state index is 12.6. The van der Waals surface area contributed by atoms with Crippen LogP contribution in [-0.4, -0.2) is 14.3 Å². The molecule has 0 saturated carbocycles. The third-order valence-electron chi connectivity index (χ3n) is 4.81. The summed E-state index contributed by atoms with van der Waals surface area (Å²) in [4.78, 5) is 12.6. The Balaban J connectivity index is 1.75. The summed E-state index contributed by atoms with van der Waals surface area (Å²) in [5.41, 5.74) is 5.71. The summed E-state index contributed by atoms with van der Waals surface area (Å²) >= 11 is 0. The Morgan fingerprint density at radius 1 is 0.724 bits per heavy atom. The first-order valence-electron chi connectivity index (χ1n) is 9.24. The molecule has 6 heteroatoms. The van der Waals surface area contributed by atoms with Gasteiger partial charge in [-0.05, 0) is 86.8 Å². The van der Waals surface area contributed by atoms with Gasteiger partial charge in [0.2, 0.25) is 0 Å². The van der Waals surface area contributed by atoms with Gasteiger partial charge in [0.15, 0.2) is 0 Å². The van der Waals surface area contributed by atoms with Crippen molar-refractivity contribution in [1.82, 2.24) is 0 Å². The van der Waals surface area contributed by atoms with Gasteiger partial charge in [0.1, 0.15) is 0 Å². The molecule has 0 atom stereocenters. The predicted octanol–water partition coefficient (Wildman–Crippen LogP) is 4.97. The fourth-order valence-corrected chi connectivity index (χ4v) is 4.05. The number of carbonyl (C=O) groups excluding carboxylic acids is 1. The molecule has 0 radical (unpaired) electrons. The Morgan fingerprint density at radius 2 is 1.38 bits per heavy atom. The van der Waals surface area contributed by atoms with E-state index in [0.29, 0.717) is 16.9 Å². The molecule has 3 aromatic rings. The largest absolute Gasteiger partial charge is 0.322 e. The highest BCUT2D eigenvalue weighted by atomic mass is 32.2. The Labute approximate surface area is 171 Å². The summed E-state index contributed by atoms with van der Waals surface area (Å²) in [5.74, 6) is -0.230. The average molecular weight is 409 g/mol. The number of amides is 1. The summed E-state index contributed by atoms with van der Waals surface area (Å²) in [6.45, 7) is 7.76. The van der Waals surface area contributed by atoms with E-state index in [4.69, 9.17) is 0 Å². The number of carbonyl (C=O) groups is 1. The lowest BCUT2D eigenvalue weighted by molar-refractivity contribution is 0.102. The first kappa shape index (κ1) is 20.6. The van der Waals surface area contributed by atoms with E-state index in [9.17, 15) is 13.2 Å². The topological polar surface area (TPSA) is 75.3 Å². The van der Waals surface area contributed by atoms with Gasteiger partial charge >= 0.3 is 0 Å². The Kier molecular flexibility index (Phi) is 5.75. The van der Waals surface area contributed by atoms with Crippen LogP contribution < -0.4 is 10.0 Å². The minimum Gasteiger partial charge on any atom is -0.322 e. The minimum absolute atomic E-state index is 0.125. The van der Waals surface area contributed by atoms with Gasteiger partial charge in [-0.2, -0.15) is 0 Å². The van der Waals surface area contributed by atoms with E-state index in [1.807, 2.05) is 45.9 Å². The molecule has 29 heavy (non-hydrogen) atoms. The van der Waals surface area contributed by atoms with Crippen LogP contribution in [-0.2, 0) is 10.0 Å². The number of aryl methyl sites for hydroxylation is 4. The van der Waals surface area contributed by atoms with Gasteiger partial charge in [0.05, 0.1) is 4.90 Å². The SMILES string of the molecule is Cc1ccc(C(=O)Nc2ccc(S(=O)(=O)Nc3ccc(C)c(C)c3)cc2)c(C)c1. The van der Waals surface area contributed by atoms with Crippen LogP contribution in [0.4, 0.5) is 11.4 Å². The maximum absolute atomic E-state index is 12.6. The molecule has 0 saturated heterocycles. The Bertz CT molecular complexity index is 1170. The van der Waals surface area contributed by atoms with Crippen LogP contribution in [0.15, 0.2) is 65.6 Å². The van der Waals surface area contributed by atoms with E-state index in [0.717, 1.165) is 22.3 Å². The van der Waals surface area contributed by atoms with Gasteiger partial charge in [-0.3, -0.25) is 9.52 Å². The fourth-order valence-electron chi connectivity index (χ4n) is 3.00. The fraction of sp³-hybridized carbons (Fsp3) is 0.174. The average Bonchev–Trinajstić information content (AvgIpc) is 2.65. The molecule has 0 aliphatic rings. The zero-order valence-electron chi connectivity index (χ0n) is 16.9. The van der Waals surface area contributed by atoms with Gasteiger partial charge in [-0.1, -0.05) is 23.8 Å². The molecule has 0 aromatic heterocycles. The number of anilines is 2. The first-order valence-corrected chi connectivity index (χ1v) is 10.7. The van der Waals surface area contributed by atoms with Crippen molar-refractivity contribution < 1.29 is 13.2 Å². The van der Waals surface area contributed by atoms with Crippen molar-refractivity contribution in [3.8, 4) is 0 Å². The number of rotatable bonds is 5. The lowest BCUT2D eigenvalue weighted by atomic mass is 10.1. The van der Waals surface area contributed by atoms with Crippen LogP contribution in [0.2, 0.25) is 0 Å². The summed E-state index contributed by atoms with van der Waals surface area (Å²) in [6, 6.07) is 17.1. The summed E-state index contributed by atoms with van der Waals surface area (Å²) < 4.78 is 27.8. The van der Waals surface area contributed by atoms with E-state index in [1.54, 1.807) is 30.3 Å². The van der Waals surface area contributed by atoms with Gasteiger partial charge in [0.25, 0.3) is 15.9 Å². The molecule has 5 nitrogen and oxygen atoms in total. The Hall–Kier alpha value is -3.12. The van der Waals surface area contributed by atoms with Crippen molar-refractivity contribution in [3.05, 3.63) is 88.5 Å². The third kappa shape index (κ3) is 4.84. The molecule has 3 aromatic carbocycles. The first-order chi connectivity index (χ1) is 13.7. The van der Waals surface area contributed by atoms with E-state index in [-0.39, 0.29) is 10.8 Å². The van der Waals surface area contributed by atoms with Crippen molar-refractivity contribution in [2.45, 2.75) is 32.6 Å². The van der Waals surface area contributed by atoms with Crippen molar-refractivity contribution in [2.75, 3.05) is 10.0 Å². The quantitative estimate of drug-likeness (QED) is 0.626. The lowest BCUT2D eigenvalue weighted by Gasteiger charge is -2.11. The minimum atomic E-state index is -3.71. The van der Waals surface area contributed by atoms with Crippen LogP contribution in [0.25, 0.3) is 0 Å². The number of benzene rings is 3. The number of sulfonamides is 1. The van der Waals surface area contributed by atoms with Gasteiger partial charge in [-0.15, -0.1) is 0 Å². The highest BCUT2D eigenvalue weighted by molar-refractivity contribution is 7.92. The number of hydrogen-bond donors (Lipinski definition) is 2. The normalized spacial score (nSPS) is 11.2. The standard InChI is InChI=1S/C23H24N2O3S/c1-15-5-12-22(18(4)13-15)23(26)24-19-8-10-21(11-9-19)29(27,28)25-20-7-6-16(2)17(3)14-20/h5-14,25H,1-4H3,(H,24,26). The van der Waals surface area contributed by atoms with Gasteiger partial charge in [0, 0.05) is 16.9 Å². The molecule has 0 spiro atoms. The zero-order valence-corrected chi connectivity index (χ0v) is 17.7. The van der Waals surface area contributed by atoms with E-state index in [1.165, 1.54) is 12.1 Å². The van der Waals surface area contributed by atoms with Crippen molar-refractivity contribution in [2.24, 2.45) is 0 Å². The summed E-state index contributed by atoms with van der Waals surface area (Å²) in [6.07, 6.45) is 0. The second-order valence-electron chi connectivity index (χ2n) is 7.20. The second-order valence-corrected chi connectivity index (χ2v) is 8.88. The molecule has 0 fully saturated rings. The number of hydrogen-bond acceptors (Lipinski definition) is 3. The van der Waals surface area contributed by atoms with E-state index < -0.39 is 10.0 Å². The molecular weight excluding hydrogens is 384 g/mol. The predicted molar refractivity (Wildman–Crippen MR) is 117 cm³/mol. The van der Waals surface area contributed by atoms with Crippen LogP contribution in [0.1, 0.15) is 32.6 Å². The van der Waals surface area contributed by atoms with Crippen molar-refractivity contribution in [1.29, 1.82) is 0 Å². The molecular formula is C23H24N2O3S. The lowest BCUT2D eigenvalue weighted by Crippen LogP contribution is -2.15. The van der Waals surface area contributed by atoms with Crippen LogP contribution in [0, 0.1) is 27.7 Å². The molecule has 150 valence electrons. The smallest absolute Gasteiger partial charge is 0.261 e. The second kappa shape index (κ2) is 8.09. The molecule has 0 unspecified atom stereocenters. The number of nitrogens with one attached hydrogen (secondary N) is 2. The Morgan fingerprint density at radius 3 is 2.00 bits per heavy atom. The summed E-state index contributed by atoms with van der Waals surface area (Å²) in [5, 5.41) is 2.81. The molecule has 2 N–H and O–H groups in total. The van der Waals surface area contributed by atoms with Crippen LogP contribution >= 0.6 is 0 Å². The molecule has 0 aliphatic heterocycles. The van der Waals surface area contributed by atoms with Gasteiger partial charge in [-0.25, -0.2) is 8.42 Å². The summed E-state index contributed by atoms with van der Waals surface area (Å²) in [7, 11) is -3.71. The van der Waals surface area contributed by atoms with Crippen molar-refractivity contribution in [3.63, 3.8) is 0 Å². The van der Waals surface area contributed by atoms with Crippen LogP contribution in [0.3, 0.4) is 0 Å². The monoisotopic (exact) mass is 408 g/mol. The van der Waals surface area contributed by atoms with Crippen LogP contribution in [0.5, 0.6) is 0 Å². The third-order valence-corrected chi connectivity index (χ3v) is 6.21. The van der Waals surface area contributed by atoms with Gasteiger partial charge < -0.3 is 5.32 Å². The molecule has 0 heterocycles. The van der Waals surface area contributed by atoms with Crippen molar-refractivity contribution >= 4 is 27.3 Å². The molecule has 1 amide bonds. The molecule has 0 bridgehead atoms. The van der Waals surface area contributed by atoms with E-state index in [2.05, 4.69) is 10.0 Å². The van der Waals surface area contributed by atoms with E-state index >= 15 is 0 Å². The highest BCUT2D eigenvalue weighted by Crippen LogP contribution is 2.21. The zero-order chi connectivity index (χ0) is 21.2. The highest BCUT2D eigenvalue weighted by Gasteiger charge is 2.15. The molecule has 0 aliphatic carbocycles.